The van der Waals surface area contributed by atoms with Gasteiger partial charge in [0.1, 0.15) is 40.9 Å². The van der Waals surface area contributed by atoms with Crippen LogP contribution < -0.4 is 4.74 Å². The molecule has 3 rings (SSSR count). The number of aromatic hydroxyl groups is 1. The van der Waals surface area contributed by atoms with Gasteiger partial charge >= 0.3 is 0 Å². The number of fused-ring (bicyclic) bond motifs is 2. The van der Waals surface area contributed by atoms with Crippen molar-refractivity contribution >= 4 is 16.9 Å². The number of ketones is 1. The molecule has 2 aromatic heterocycles. The van der Waals surface area contributed by atoms with Gasteiger partial charge in [-0.25, -0.2) is 0 Å². The summed E-state index contributed by atoms with van der Waals surface area (Å²) in [5, 5.41) is 26.9. The van der Waals surface area contributed by atoms with Gasteiger partial charge in [-0.2, -0.15) is 5.26 Å². The third kappa shape index (κ3) is 4.03. The zero-order valence-corrected chi connectivity index (χ0v) is 13.3. The first kappa shape index (κ1) is 17.3. The number of nitriles is 1. The lowest BCUT2D eigenvalue weighted by Crippen LogP contribution is -2.14. The topological polar surface area (TPSA) is 104 Å². The summed E-state index contributed by atoms with van der Waals surface area (Å²) in [7, 11) is 0. The quantitative estimate of drug-likeness (QED) is 0.714. The fraction of sp³-hybridized carbons (Fsp3) is 0.222. The van der Waals surface area contributed by atoms with E-state index in [1.165, 1.54) is 13.0 Å². The van der Waals surface area contributed by atoms with E-state index in [-0.39, 0.29) is 23.7 Å². The van der Waals surface area contributed by atoms with Gasteiger partial charge in [-0.05, 0) is 38.1 Å². The van der Waals surface area contributed by atoms with Crippen LogP contribution in [0.3, 0.4) is 0 Å². The lowest BCUT2D eigenvalue weighted by molar-refractivity contribution is 0.0992. The van der Waals surface area contributed by atoms with E-state index in [1.54, 1.807) is 31.2 Å². The first-order valence-corrected chi connectivity index (χ1v) is 7.28. The van der Waals surface area contributed by atoms with Crippen molar-refractivity contribution in [3.8, 4) is 17.6 Å². The number of ether oxygens (including phenoxy) is 1. The summed E-state index contributed by atoms with van der Waals surface area (Å²) in [6.45, 7) is 3.02. The van der Waals surface area contributed by atoms with Gasteiger partial charge in [0.15, 0.2) is 5.78 Å². The Morgan fingerprint density at radius 2 is 2.12 bits per heavy atom. The number of furan rings is 2. The van der Waals surface area contributed by atoms with E-state index in [1.807, 2.05) is 12.1 Å². The predicted molar refractivity (Wildman–Crippen MR) is 87.4 cm³/mol. The van der Waals surface area contributed by atoms with Crippen LogP contribution in [0.1, 0.15) is 29.8 Å². The maximum atomic E-state index is 11.2. The van der Waals surface area contributed by atoms with Crippen LogP contribution in [0.4, 0.5) is 0 Å². The Balaban J connectivity index is 0.000000194. The SMILES string of the molecule is CC(=O)c1c(O)cccc1OCC(C)O.N#Cc1cc2ccc1o2. The molecule has 0 saturated heterocycles. The Morgan fingerprint density at radius 1 is 1.38 bits per heavy atom. The first-order valence-electron chi connectivity index (χ1n) is 7.28. The summed E-state index contributed by atoms with van der Waals surface area (Å²) in [6, 6.07) is 12.0. The molecule has 1 aromatic carbocycles. The highest BCUT2D eigenvalue weighted by Crippen LogP contribution is 2.27. The Labute approximate surface area is 138 Å². The van der Waals surface area contributed by atoms with Crippen molar-refractivity contribution in [1.29, 1.82) is 5.26 Å². The minimum atomic E-state index is -0.618. The number of aliphatic hydroxyl groups is 1. The summed E-state index contributed by atoms with van der Waals surface area (Å²) in [6.07, 6.45) is -0.618. The Morgan fingerprint density at radius 3 is 2.58 bits per heavy atom. The molecule has 24 heavy (non-hydrogen) atoms. The Bertz CT molecular complexity index is 860. The monoisotopic (exact) mass is 327 g/mol. The highest BCUT2D eigenvalue weighted by atomic mass is 16.5. The van der Waals surface area contributed by atoms with Crippen LogP contribution in [-0.4, -0.2) is 28.7 Å². The maximum absolute atomic E-state index is 11.2. The molecule has 124 valence electrons. The smallest absolute Gasteiger partial charge is 0.167 e. The fourth-order valence-corrected chi connectivity index (χ4v) is 2.08. The molecule has 1 unspecified atom stereocenters. The van der Waals surface area contributed by atoms with Crippen molar-refractivity contribution in [2.24, 2.45) is 0 Å². The number of benzene rings is 2. The van der Waals surface area contributed by atoms with Gasteiger partial charge in [-0.3, -0.25) is 4.79 Å². The minimum Gasteiger partial charge on any atom is -0.507 e. The summed E-state index contributed by atoms with van der Waals surface area (Å²) in [5.74, 6) is -0.0808. The van der Waals surface area contributed by atoms with E-state index in [0.717, 1.165) is 5.58 Å². The van der Waals surface area contributed by atoms with E-state index < -0.39 is 6.10 Å². The van der Waals surface area contributed by atoms with Crippen molar-refractivity contribution in [3.63, 3.8) is 0 Å². The molecule has 2 N–H and O–H groups in total. The molecule has 0 amide bonds. The molecule has 0 aliphatic rings. The third-order valence-electron chi connectivity index (χ3n) is 3.14. The van der Waals surface area contributed by atoms with Crippen LogP contribution in [0.5, 0.6) is 11.5 Å². The second-order valence-corrected chi connectivity index (χ2v) is 5.24. The highest BCUT2D eigenvalue weighted by molar-refractivity contribution is 5.99. The second-order valence-electron chi connectivity index (χ2n) is 5.24. The van der Waals surface area contributed by atoms with E-state index in [4.69, 9.17) is 19.5 Å². The number of nitrogens with zero attached hydrogens (tertiary/aromatic N) is 1. The molecular weight excluding hydrogens is 310 g/mol. The molecule has 0 saturated carbocycles. The molecule has 0 aliphatic carbocycles. The van der Waals surface area contributed by atoms with E-state index in [0.29, 0.717) is 16.9 Å². The fourth-order valence-electron chi connectivity index (χ4n) is 2.08. The number of hydrogen-bond acceptors (Lipinski definition) is 6. The number of hydrogen-bond donors (Lipinski definition) is 2. The molecule has 6 nitrogen and oxygen atoms in total. The largest absolute Gasteiger partial charge is 0.507 e. The summed E-state index contributed by atoms with van der Waals surface area (Å²) in [5.41, 5.74) is 2.25. The molecule has 0 radical (unpaired) electrons. The zero-order chi connectivity index (χ0) is 17.7. The number of carbonyl (C=O) groups is 1. The van der Waals surface area contributed by atoms with Crippen molar-refractivity contribution in [2.75, 3.05) is 6.61 Å². The predicted octanol–water partition coefficient (Wildman–Crippen LogP) is 3.10. The molecule has 6 heteroatoms. The highest BCUT2D eigenvalue weighted by Gasteiger charge is 2.13. The summed E-state index contributed by atoms with van der Waals surface area (Å²) < 4.78 is 10.3. The van der Waals surface area contributed by atoms with Crippen LogP contribution in [0.2, 0.25) is 0 Å². The molecule has 2 heterocycles. The van der Waals surface area contributed by atoms with Gasteiger partial charge in [0.2, 0.25) is 0 Å². The summed E-state index contributed by atoms with van der Waals surface area (Å²) in [4.78, 5) is 11.2. The lowest BCUT2D eigenvalue weighted by Gasteiger charge is -2.11. The van der Waals surface area contributed by atoms with Crippen molar-refractivity contribution in [2.45, 2.75) is 20.0 Å². The number of phenolic OH excluding ortho intramolecular Hbond substituents is 1. The van der Waals surface area contributed by atoms with Crippen molar-refractivity contribution in [3.05, 3.63) is 47.5 Å². The molecule has 0 fully saturated rings. The number of rotatable bonds is 4. The molecule has 2 bridgehead atoms. The van der Waals surface area contributed by atoms with E-state index in [9.17, 15) is 9.90 Å². The van der Waals surface area contributed by atoms with Crippen molar-refractivity contribution < 1.29 is 24.2 Å². The standard InChI is InChI=1S/C11H14O4.C7H3NO/c1-7(12)6-15-10-5-3-4-9(14)11(10)8(2)13;8-4-5-3-6-1-2-7(5)9-6/h3-5,7,12,14H,6H2,1-2H3;1-3H. The average molecular weight is 327 g/mol. The van der Waals surface area contributed by atoms with Crippen LogP contribution in [-0.2, 0) is 0 Å². The maximum Gasteiger partial charge on any atom is 0.167 e. The van der Waals surface area contributed by atoms with Gasteiger partial charge in [-0.1, -0.05) is 6.07 Å². The molecule has 3 aromatic rings. The van der Waals surface area contributed by atoms with Crippen LogP contribution >= 0.6 is 0 Å². The van der Waals surface area contributed by atoms with Crippen LogP contribution in [0.25, 0.3) is 11.2 Å². The Hall–Kier alpha value is -3.04. The number of aliphatic hydroxyl groups excluding tert-OH is 1. The molecule has 0 aliphatic heterocycles. The molecule has 1 atom stereocenters. The van der Waals surface area contributed by atoms with Gasteiger partial charge in [-0.15, -0.1) is 0 Å². The zero-order valence-electron chi connectivity index (χ0n) is 13.3. The van der Waals surface area contributed by atoms with Crippen LogP contribution in [0.15, 0.2) is 40.8 Å². The minimum absolute atomic E-state index is 0.0870. The van der Waals surface area contributed by atoms with Gasteiger partial charge in [0.05, 0.1) is 11.7 Å². The third-order valence-corrected chi connectivity index (χ3v) is 3.14. The Kier molecular flexibility index (Phi) is 5.40. The van der Waals surface area contributed by atoms with Gasteiger partial charge < -0.3 is 19.4 Å². The van der Waals surface area contributed by atoms with Crippen molar-refractivity contribution in [1.82, 2.24) is 0 Å². The lowest BCUT2D eigenvalue weighted by atomic mass is 10.1. The first-order chi connectivity index (χ1) is 11.4. The van der Waals surface area contributed by atoms with Gasteiger partial charge in [0.25, 0.3) is 0 Å². The average Bonchev–Trinajstić information content (AvgIpc) is 3.15. The number of carbonyl (C=O) groups excluding carboxylic acids is 1. The number of Topliss-reactive ketones (excluding diaryl/α,β-unsaturated/α-hetero) is 1. The molecular formula is C18H17NO5. The van der Waals surface area contributed by atoms with E-state index in [2.05, 4.69) is 0 Å². The normalized spacial score (nSPS) is 11.4. The van der Waals surface area contributed by atoms with E-state index >= 15 is 0 Å². The second kappa shape index (κ2) is 7.49. The molecule has 0 spiro atoms. The summed E-state index contributed by atoms with van der Waals surface area (Å²) >= 11 is 0. The number of phenols is 1. The van der Waals surface area contributed by atoms with Gasteiger partial charge in [0, 0.05) is 6.07 Å². The van der Waals surface area contributed by atoms with Crippen LogP contribution in [0, 0.1) is 11.3 Å².